The van der Waals surface area contributed by atoms with Crippen molar-refractivity contribution in [3.63, 3.8) is 0 Å². The lowest BCUT2D eigenvalue weighted by molar-refractivity contribution is -0.137. The Balaban J connectivity index is 1.36. The van der Waals surface area contributed by atoms with Crippen molar-refractivity contribution < 1.29 is 33.3 Å². The number of hydrogen-bond acceptors (Lipinski definition) is 7. The first-order valence-corrected chi connectivity index (χ1v) is 15.9. The van der Waals surface area contributed by atoms with Crippen molar-refractivity contribution in [2.75, 3.05) is 19.8 Å². The maximum Gasteiger partial charge on any atom is 0.343 e. The first kappa shape index (κ1) is 34.0. The molecule has 0 aliphatic rings. The van der Waals surface area contributed by atoms with E-state index < -0.39 is 5.97 Å². The van der Waals surface area contributed by atoms with Crippen LogP contribution in [-0.4, -0.2) is 31.8 Å². The van der Waals surface area contributed by atoms with Crippen LogP contribution in [0.4, 0.5) is 0 Å². The summed E-state index contributed by atoms with van der Waals surface area (Å²) in [5.41, 5.74) is 1.41. The number of esters is 2. The van der Waals surface area contributed by atoms with Crippen LogP contribution in [0.25, 0.3) is 0 Å². The van der Waals surface area contributed by atoms with Gasteiger partial charge in [-0.15, -0.1) is 0 Å². The fourth-order valence-electron chi connectivity index (χ4n) is 4.06. The minimum atomic E-state index is -0.432. The first-order valence-electron chi connectivity index (χ1n) is 14.9. The molecule has 0 aromatic heterocycles. The lowest BCUT2D eigenvalue weighted by Crippen LogP contribution is -2.09. The Bertz CT molecular complexity index is 1270. The fraction of sp³-hybridized carbons (Fsp3) is 0.371. The number of rotatable bonds is 20. The molecule has 3 aromatic rings. The maximum atomic E-state index is 12.7. The number of unbranched alkanes of at least 4 members (excludes halogenated alkanes) is 6. The second kappa shape index (κ2) is 19.6. The molecule has 0 N–H and O–H groups in total. The Morgan fingerprint density at radius 3 is 1.86 bits per heavy atom. The summed E-state index contributed by atoms with van der Waals surface area (Å²) in [6, 6.07) is 20.2. The van der Waals surface area contributed by atoms with Gasteiger partial charge in [-0.25, -0.2) is 9.59 Å². The molecule has 0 fully saturated rings. The van der Waals surface area contributed by atoms with E-state index in [-0.39, 0.29) is 5.97 Å². The van der Waals surface area contributed by atoms with Gasteiger partial charge in [-0.3, -0.25) is 0 Å². The number of ether oxygens (including phenoxy) is 5. The highest BCUT2D eigenvalue weighted by Gasteiger charge is 2.12. The maximum absolute atomic E-state index is 12.7. The van der Waals surface area contributed by atoms with E-state index >= 15 is 0 Å². The Labute approximate surface area is 268 Å². The van der Waals surface area contributed by atoms with Gasteiger partial charge < -0.3 is 23.7 Å². The molecule has 230 valence electrons. The van der Waals surface area contributed by atoms with Crippen LogP contribution >= 0.6 is 22.6 Å². The Morgan fingerprint density at radius 2 is 1.28 bits per heavy atom. The molecule has 0 aliphatic carbocycles. The van der Waals surface area contributed by atoms with Crippen LogP contribution in [0, 0.1) is 3.57 Å². The number of carbonyl (C=O) groups is 2. The molecular weight excluding hydrogens is 659 g/mol. The summed E-state index contributed by atoms with van der Waals surface area (Å²) in [4.78, 5) is 23.7. The molecule has 0 unspecified atom stereocenters. The summed E-state index contributed by atoms with van der Waals surface area (Å²) < 4.78 is 28.9. The third-order valence-electron chi connectivity index (χ3n) is 6.50. The summed E-state index contributed by atoms with van der Waals surface area (Å²) in [6.45, 7) is 7.68. The summed E-state index contributed by atoms with van der Waals surface area (Å²) in [7, 11) is 0. The number of benzene rings is 3. The monoisotopic (exact) mass is 700 g/mol. The zero-order valence-corrected chi connectivity index (χ0v) is 27.0. The molecule has 3 aromatic carbocycles. The molecule has 8 heteroatoms. The zero-order valence-electron chi connectivity index (χ0n) is 24.9. The van der Waals surface area contributed by atoms with Gasteiger partial charge in [-0.1, -0.05) is 38.8 Å². The highest BCUT2D eigenvalue weighted by atomic mass is 127. The van der Waals surface area contributed by atoms with Crippen LogP contribution < -0.4 is 18.9 Å². The molecule has 7 nitrogen and oxygen atoms in total. The van der Waals surface area contributed by atoms with Gasteiger partial charge in [0.1, 0.15) is 29.6 Å². The van der Waals surface area contributed by atoms with Gasteiger partial charge in [0.25, 0.3) is 0 Å². The van der Waals surface area contributed by atoms with E-state index in [4.69, 9.17) is 23.7 Å². The lowest BCUT2D eigenvalue weighted by Gasteiger charge is -2.11. The Kier molecular flexibility index (Phi) is 15.5. The van der Waals surface area contributed by atoms with Gasteiger partial charge in [0.05, 0.1) is 29.0 Å². The highest BCUT2D eigenvalue weighted by molar-refractivity contribution is 14.1. The largest absolute Gasteiger partial charge is 0.494 e. The van der Waals surface area contributed by atoms with Gasteiger partial charge in [0, 0.05) is 6.08 Å². The molecule has 0 saturated carbocycles. The third kappa shape index (κ3) is 13.1. The van der Waals surface area contributed by atoms with E-state index in [1.807, 2.05) is 36.4 Å². The molecular formula is C35H41IO7. The summed E-state index contributed by atoms with van der Waals surface area (Å²) in [5, 5.41) is 0. The van der Waals surface area contributed by atoms with Crippen molar-refractivity contribution in [2.45, 2.75) is 64.9 Å². The second-order valence-electron chi connectivity index (χ2n) is 9.98. The minimum Gasteiger partial charge on any atom is -0.494 e. The van der Waals surface area contributed by atoms with E-state index in [0.717, 1.165) is 59.3 Å². The van der Waals surface area contributed by atoms with Gasteiger partial charge in [-0.2, -0.15) is 0 Å². The van der Waals surface area contributed by atoms with Crippen molar-refractivity contribution in [3.05, 3.63) is 94.1 Å². The number of halogens is 1. The van der Waals surface area contributed by atoms with Crippen LogP contribution in [0.15, 0.2) is 79.4 Å². The smallest absolute Gasteiger partial charge is 0.343 e. The predicted octanol–water partition coefficient (Wildman–Crippen LogP) is 8.72. The number of carbonyl (C=O) groups excluding carboxylic acids is 2. The normalized spacial score (nSPS) is 10.6. The van der Waals surface area contributed by atoms with Gasteiger partial charge in [-0.05, 0) is 121 Å². The van der Waals surface area contributed by atoms with E-state index in [0.29, 0.717) is 36.9 Å². The van der Waals surface area contributed by atoms with Crippen molar-refractivity contribution in [3.8, 4) is 23.0 Å². The first-order chi connectivity index (χ1) is 21.0. The lowest BCUT2D eigenvalue weighted by atomic mass is 10.2. The molecule has 0 heterocycles. The van der Waals surface area contributed by atoms with Crippen LogP contribution in [0.2, 0.25) is 0 Å². The van der Waals surface area contributed by atoms with Crippen molar-refractivity contribution in [1.29, 1.82) is 0 Å². The van der Waals surface area contributed by atoms with E-state index in [9.17, 15) is 9.59 Å². The molecule has 0 radical (unpaired) electrons. The predicted molar refractivity (Wildman–Crippen MR) is 176 cm³/mol. The van der Waals surface area contributed by atoms with Crippen molar-refractivity contribution in [2.24, 2.45) is 0 Å². The molecule has 3 rings (SSSR count). The molecule has 0 bridgehead atoms. The average molecular weight is 701 g/mol. The second-order valence-corrected chi connectivity index (χ2v) is 11.1. The Hall–Kier alpha value is -3.53. The molecule has 0 saturated heterocycles. The SMILES string of the molecule is C=CC(=O)OCCCCCCOc1ccc(C(=O)Oc2ccc(COc3ccc(OCCCCCC)cc3)cc2I)cc1. The van der Waals surface area contributed by atoms with Crippen LogP contribution in [-0.2, 0) is 16.1 Å². The quantitative estimate of drug-likeness (QED) is 0.0384. The van der Waals surface area contributed by atoms with E-state index in [2.05, 4.69) is 36.1 Å². The standard InChI is InChI=1S/C35H41IO7/c1-3-5-6-9-22-40-30-17-19-31(20-18-30)42-26-27-12-21-33(32(36)25-27)43-35(38)28-13-15-29(16-14-28)39-23-10-7-8-11-24-41-34(37)4-2/h4,12-21,25H,2-3,5-11,22-24,26H2,1H3. The fourth-order valence-corrected chi connectivity index (χ4v) is 4.75. The zero-order chi connectivity index (χ0) is 30.7. The minimum absolute atomic E-state index is 0.388. The summed E-state index contributed by atoms with van der Waals surface area (Å²) >= 11 is 2.16. The third-order valence-corrected chi connectivity index (χ3v) is 7.35. The molecule has 0 atom stereocenters. The van der Waals surface area contributed by atoms with E-state index in [1.54, 1.807) is 30.3 Å². The molecule has 43 heavy (non-hydrogen) atoms. The van der Waals surface area contributed by atoms with E-state index in [1.165, 1.54) is 25.3 Å². The van der Waals surface area contributed by atoms with Crippen LogP contribution in [0.1, 0.15) is 74.2 Å². The molecule has 0 spiro atoms. The summed E-state index contributed by atoms with van der Waals surface area (Å²) in [6.07, 6.45) is 9.52. The molecule has 0 amide bonds. The van der Waals surface area contributed by atoms with Crippen molar-refractivity contribution in [1.82, 2.24) is 0 Å². The average Bonchev–Trinajstić information content (AvgIpc) is 3.03. The van der Waals surface area contributed by atoms with Gasteiger partial charge in [0.15, 0.2) is 0 Å². The topological polar surface area (TPSA) is 80.3 Å². The highest BCUT2D eigenvalue weighted by Crippen LogP contribution is 2.25. The van der Waals surface area contributed by atoms with Gasteiger partial charge in [0.2, 0.25) is 0 Å². The van der Waals surface area contributed by atoms with Gasteiger partial charge >= 0.3 is 11.9 Å². The van der Waals surface area contributed by atoms with Crippen molar-refractivity contribution >= 4 is 34.5 Å². The molecule has 0 aliphatic heterocycles. The number of hydrogen-bond donors (Lipinski definition) is 0. The summed E-state index contributed by atoms with van der Waals surface area (Å²) in [5.74, 6) is 1.98. The van der Waals surface area contributed by atoms with Crippen LogP contribution in [0.5, 0.6) is 23.0 Å². The van der Waals surface area contributed by atoms with Crippen LogP contribution in [0.3, 0.4) is 0 Å². The Morgan fingerprint density at radius 1 is 0.721 bits per heavy atom.